The molecule has 1 heterocycles. The van der Waals surface area contributed by atoms with Gasteiger partial charge in [-0.2, -0.15) is 0 Å². The third kappa shape index (κ3) is 4.74. The monoisotopic (exact) mass is 277 g/mol. The molecule has 20 heavy (non-hydrogen) atoms. The van der Waals surface area contributed by atoms with E-state index in [0.29, 0.717) is 18.9 Å². The average Bonchev–Trinajstić information content (AvgIpc) is 2.42. The van der Waals surface area contributed by atoms with Gasteiger partial charge in [0.05, 0.1) is 0 Å². The Morgan fingerprint density at radius 3 is 2.50 bits per heavy atom. The highest BCUT2D eigenvalue weighted by Gasteiger charge is 2.20. The zero-order valence-electron chi connectivity index (χ0n) is 11.8. The molecule has 1 aromatic rings. The predicted octanol–water partition coefficient (Wildman–Crippen LogP) is 1.23. The van der Waals surface area contributed by atoms with Crippen molar-refractivity contribution >= 4 is 11.6 Å². The van der Waals surface area contributed by atoms with Crippen LogP contribution in [0.1, 0.15) is 19.3 Å². The van der Waals surface area contributed by atoms with Crippen LogP contribution in [0.15, 0.2) is 24.3 Å². The highest BCUT2D eigenvalue weighted by atomic mass is 16.5. The molecule has 0 spiro atoms. The molecule has 0 bridgehead atoms. The average molecular weight is 277 g/mol. The second-order valence-corrected chi connectivity index (χ2v) is 5.37. The Bertz CT molecular complexity index is 425. The van der Waals surface area contributed by atoms with Crippen molar-refractivity contribution in [2.24, 2.45) is 11.7 Å². The van der Waals surface area contributed by atoms with Crippen molar-refractivity contribution in [2.75, 3.05) is 32.0 Å². The molecule has 4 N–H and O–H groups in total. The molecule has 0 aliphatic carbocycles. The van der Waals surface area contributed by atoms with Gasteiger partial charge in [0.1, 0.15) is 12.4 Å². The van der Waals surface area contributed by atoms with Crippen molar-refractivity contribution in [1.29, 1.82) is 0 Å². The van der Waals surface area contributed by atoms with Gasteiger partial charge in [-0.3, -0.25) is 9.69 Å². The third-order valence-corrected chi connectivity index (χ3v) is 3.75. The number of primary amides is 1. The number of ether oxygens (including phenoxy) is 1. The molecule has 0 unspecified atom stereocenters. The first kappa shape index (κ1) is 14.7. The summed E-state index contributed by atoms with van der Waals surface area (Å²) in [6, 6.07) is 7.44. The first-order valence-corrected chi connectivity index (χ1v) is 7.12. The number of benzene rings is 1. The van der Waals surface area contributed by atoms with Crippen molar-refractivity contribution in [2.45, 2.75) is 19.3 Å². The molecule has 0 saturated carbocycles. The van der Waals surface area contributed by atoms with Gasteiger partial charge in [0.15, 0.2) is 0 Å². The van der Waals surface area contributed by atoms with Crippen molar-refractivity contribution in [3.63, 3.8) is 0 Å². The second-order valence-electron chi connectivity index (χ2n) is 5.37. The van der Waals surface area contributed by atoms with Crippen LogP contribution in [-0.2, 0) is 4.79 Å². The molecule has 1 fully saturated rings. The van der Waals surface area contributed by atoms with E-state index < -0.39 is 0 Å². The Balaban J connectivity index is 1.63. The molecule has 0 radical (unpaired) electrons. The van der Waals surface area contributed by atoms with Gasteiger partial charge in [0.2, 0.25) is 5.91 Å². The maximum atomic E-state index is 10.9. The first-order chi connectivity index (χ1) is 9.63. The molecule has 1 saturated heterocycles. The van der Waals surface area contributed by atoms with E-state index in [2.05, 4.69) is 4.90 Å². The number of rotatable bonds is 6. The van der Waals surface area contributed by atoms with E-state index in [1.165, 1.54) is 0 Å². The van der Waals surface area contributed by atoms with Crippen LogP contribution < -0.4 is 16.2 Å². The summed E-state index contributed by atoms with van der Waals surface area (Å²) < 4.78 is 5.68. The van der Waals surface area contributed by atoms with Crippen LogP contribution in [0.2, 0.25) is 0 Å². The lowest BCUT2D eigenvalue weighted by Crippen LogP contribution is -2.37. The number of likely N-dealkylation sites (tertiary alicyclic amines) is 1. The molecule has 0 aromatic heterocycles. The summed E-state index contributed by atoms with van der Waals surface area (Å²) in [5, 5.41) is 0. The Morgan fingerprint density at radius 1 is 1.25 bits per heavy atom. The molecule has 110 valence electrons. The maximum absolute atomic E-state index is 10.9. The number of hydrogen-bond acceptors (Lipinski definition) is 4. The van der Waals surface area contributed by atoms with Gasteiger partial charge in [0, 0.05) is 18.7 Å². The Hall–Kier alpha value is -1.75. The van der Waals surface area contributed by atoms with Crippen LogP contribution in [-0.4, -0.2) is 37.0 Å². The zero-order chi connectivity index (χ0) is 14.4. The van der Waals surface area contributed by atoms with Crippen molar-refractivity contribution in [1.82, 2.24) is 4.90 Å². The summed E-state index contributed by atoms with van der Waals surface area (Å²) in [6.07, 6.45) is 2.62. The highest BCUT2D eigenvalue weighted by molar-refractivity contribution is 5.73. The quantitative estimate of drug-likeness (QED) is 0.766. The fraction of sp³-hybridized carbons (Fsp3) is 0.533. The largest absolute Gasteiger partial charge is 0.492 e. The smallest absolute Gasteiger partial charge is 0.217 e. The van der Waals surface area contributed by atoms with Gasteiger partial charge < -0.3 is 16.2 Å². The van der Waals surface area contributed by atoms with Crippen molar-refractivity contribution < 1.29 is 9.53 Å². The number of carbonyl (C=O) groups is 1. The van der Waals surface area contributed by atoms with Crippen LogP contribution in [0.3, 0.4) is 0 Å². The van der Waals surface area contributed by atoms with Crippen LogP contribution in [0.5, 0.6) is 5.75 Å². The molecule has 1 amide bonds. The molecular formula is C15H23N3O2. The second kappa shape index (κ2) is 7.14. The van der Waals surface area contributed by atoms with Crippen LogP contribution in [0.25, 0.3) is 0 Å². The topological polar surface area (TPSA) is 81.6 Å². The predicted molar refractivity (Wildman–Crippen MR) is 79.3 cm³/mol. The van der Waals surface area contributed by atoms with E-state index in [1.54, 1.807) is 0 Å². The summed E-state index contributed by atoms with van der Waals surface area (Å²) >= 11 is 0. The van der Waals surface area contributed by atoms with Crippen LogP contribution in [0.4, 0.5) is 5.69 Å². The molecule has 1 aromatic carbocycles. The van der Waals surface area contributed by atoms with Gasteiger partial charge in [0.25, 0.3) is 0 Å². The number of carbonyl (C=O) groups excluding carboxylic acids is 1. The van der Waals surface area contributed by atoms with E-state index in [1.807, 2.05) is 24.3 Å². The van der Waals surface area contributed by atoms with Gasteiger partial charge in [-0.05, 0) is 56.1 Å². The lowest BCUT2D eigenvalue weighted by atomic mass is 9.93. The summed E-state index contributed by atoms with van der Waals surface area (Å²) in [7, 11) is 0. The number of amides is 1. The minimum absolute atomic E-state index is 0.185. The minimum Gasteiger partial charge on any atom is -0.492 e. The molecule has 1 aliphatic rings. The van der Waals surface area contributed by atoms with E-state index in [4.69, 9.17) is 16.2 Å². The fourth-order valence-corrected chi connectivity index (χ4v) is 2.56. The lowest BCUT2D eigenvalue weighted by Gasteiger charge is -2.31. The number of nitrogens with two attached hydrogens (primary N) is 2. The Labute approximate surface area is 119 Å². The Morgan fingerprint density at radius 2 is 1.90 bits per heavy atom. The van der Waals surface area contributed by atoms with E-state index in [-0.39, 0.29) is 5.91 Å². The standard InChI is InChI=1S/C15H23N3O2/c16-13-1-3-14(4-2-13)20-10-9-18-7-5-12(6-8-18)11-15(17)19/h1-4,12H,5-11,16H2,(H2,17,19). The number of anilines is 1. The highest BCUT2D eigenvalue weighted by Crippen LogP contribution is 2.20. The van der Waals surface area contributed by atoms with Crippen LogP contribution in [0, 0.1) is 5.92 Å². The molecular weight excluding hydrogens is 254 g/mol. The van der Waals surface area contributed by atoms with Gasteiger partial charge in [-0.15, -0.1) is 0 Å². The van der Waals surface area contributed by atoms with Crippen LogP contribution >= 0.6 is 0 Å². The minimum atomic E-state index is -0.185. The van der Waals surface area contributed by atoms with Crippen molar-refractivity contribution in [3.05, 3.63) is 24.3 Å². The van der Waals surface area contributed by atoms with Gasteiger partial charge in [-0.1, -0.05) is 0 Å². The van der Waals surface area contributed by atoms with E-state index >= 15 is 0 Å². The lowest BCUT2D eigenvalue weighted by molar-refractivity contribution is -0.119. The van der Waals surface area contributed by atoms with Gasteiger partial charge >= 0.3 is 0 Å². The maximum Gasteiger partial charge on any atom is 0.217 e. The number of hydrogen-bond donors (Lipinski definition) is 2. The normalized spacial score (nSPS) is 17.0. The summed E-state index contributed by atoms with van der Waals surface area (Å²) in [4.78, 5) is 13.3. The SMILES string of the molecule is NC(=O)CC1CCN(CCOc2ccc(N)cc2)CC1. The van der Waals surface area contributed by atoms with E-state index in [0.717, 1.165) is 43.9 Å². The fourth-order valence-electron chi connectivity index (χ4n) is 2.56. The summed E-state index contributed by atoms with van der Waals surface area (Å²) in [5.41, 5.74) is 11.6. The first-order valence-electron chi connectivity index (χ1n) is 7.12. The summed E-state index contributed by atoms with van der Waals surface area (Å²) in [5.74, 6) is 1.12. The van der Waals surface area contributed by atoms with Crippen molar-refractivity contribution in [3.8, 4) is 5.75 Å². The van der Waals surface area contributed by atoms with E-state index in [9.17, 15) is 4.79 Å². The molecule has 0 atom stereocenters. The number of piperidine rings is 1. The third-order valence-electron chi connectivity index (χ3n) is 3.75. The number of nitrogen functional groups attached to an aromatic ring is 1. The zero-order valence-corrected chi connectivity index (χ0v) is 11.8. The molecule has 5 nitrogen and oxygen atoms in total. The number of nitrogens with zero attached hydrogens (tertiary/aromatic N) is 1. The molecule has 2 rings (SSSR count). The molecule has 1 aliphatic heterocycles. The Kier molecular flexibility index (Phi) is 5.24. The summed E-state index contributed by atoms with van der Waals surface area (Å²) in [6.45, 7) is 3.62. The van der Waals surface area contributed by atoms with Gasteiger partial charge in [-0.25, -0.2) is 0 Å². The molecule has 5 heteroatoms.